The van der Waals surface area contributed by atoms with Crippen LogP contribution in [0.25, 0.3) is 0 Å². The van der Waals surface area contributed by atoms with Crippen LogP contribution in [0.3, 0.4) is 0 Å². The maximum absolute atomic E-state index is 4.24. The Balaban J connectivity index is 2.38. The quantitative estimate of drug-likeness (QED) is 0.736. The molecule has 1 aromatic heterocycles. The highest BCUT2D eigenvalue weighted by molar-refractivity contribution is 5.58. The zero-order valence-corrected chi connectivity index (χ0v) is 10.1. The molecule has 0 N–H and O–H groups in total. The number of rotatable bonds is 2. The maximum Gasteiger partial charge on any atom is 0.0591 e. The van der Waals surface area contributed by atoms with Crippen LogP contribution in [0, 0.1) is 5.92 Å². The van der Waals surface area contributed by atoms with E-state index in [1.165, 1.54) is 17.7 Å². The molecule has 0 aliphatic carbocycles. The summed E-state index contributed by atoms with van der Waals surface area (Å²) in [6.07, 6.45) is 5.09. The molecule has 1 aromatic rings. The van der Waals surface area contributed by atoms with Crippen molar-refractivity contribution in [2.45, 2.75) is 46.2 Å². The summed E-state index contributed by atoms with van der Waals surface area (Å²) in [7, 11) is 0. The van der Waals surface area contributed by atoms with Gasteiger partial charge in [0.05, 0.1) is 11.9 Å². The van der Waals surface area contributed by atoms with E-state index in [9.17, 15) is 0 Å². The number of anilines is 1. The van der Waals surface area contributed by atoms with Crippen LogP contribution in [0.5, 0.6) is 0 Å². The van der Waals surface area contributed by atoms with Crippen molar-refractivity contribution in [2.24, 2.45) is 5.92 Å². The van der Waals surface area contributed by atoms with E-state index < -0.39 is 0 Å². The Bertz CT molecular complexity index is 344. The zero-order chi connectivity index (χ0) is 11.0. The molecule has 1 atom stereocenters. The number of hydrogen-bond acceptors (Lipinski definition) is 2. The van der Waals surface area contributed by atoms with E-state index in [-0.39, 0.29) is 0 Å². The molecule has 2 heterocycles. The first-order valence-corrected chi connectivity index (χ1v) is 5.82. The van der Waals surface area contributed by atoms with E-state index in [1.54, 1.807) is 0 Å². The molecule has 1 unspecified atom stereocenters. The van der Waals surface area contributed by atoms with E-state index >= 15 is 0 Å². The highest BCUT2D eigenvalue weighted by atomic mass is 15.2. The summed E-state index contributed by atoms with van der Waals surface area (Å²) < 4.78 is 0. The molecule has 0 radical (unpaired) electrons. The minimum Gasteiger partial charge on any atom is -0.364 e. The normalized spacial score (nSPS) is 20.1. The molecule has 0 saturated carbocycles. The first-order chi connectivity index (χ1) is 7.11. The van der Waals surface area contributed by atoms with Crippen LogP contribution in [-0.2, 0) is 6.42 Å². The van der Waals surface area contributed by atoms with Gasteiger partial charge in [-0.3, -0.25) is 4.98 Å². The standard InChI is InChI=1S/C13H20N2/c1-9(2)12-7-11-5-6-14-8-13(11)15(12)10(3)4/h5-6,8-10,12H,7H2,1-4H3. The average molecular weight is 204 g/mol. The molecule has 0 bridgehead atoms. The second-order valence-electron chi connectivity index (χ2n) is 5.02. The number of fused-ring (bicyclic) bond motifs is 1. The molecular formula is C13H20N2. The van der Waals surface area contributed by atoms with Gasteiger partial charge in [0.25, 0.3) is 0 Å². The molecule has 2 heteroatoms. The van der Waals surface area contributed by atoms with E-state index in [4.69, 9.17) is 0 Å². The molecule has 0 spiro atoms. The Kier molecular flexibility index (Phi) is 2.68. The highest BCUT2D eigenvalue weighted by Gasteiger charge is 2.32. The predicted molar refractivity (Wildman–Crippen MR) is 64.2 cm³/mol. The molecule has 82 valence electrons. The first kappa shape index (κ1) is 10.5. The fraction of sp³-hybridized carbons (Fsp3) is 0.615. The van der Waals surface area contributed by atoms with Gasteiger partial charge < -0.3 is 4.90 Å². The fourth-order valence-corrected chi connectivity index (χ4v) is 2.54. The van der Waals surface area contributed by atoms with Crippen molar-refractivity contribution in [3.63, 3.8) is 0 Å². The monoisotopic (exact) mass is 204 g/mol. The Morgan fingerprint density at radius 1 is 1.33 bits per heavy atom. The summed E-state index contributed by atoms with van der Waals surface area (Å²) in [5, 5.41) is 0. The van der Waals surface area contributed by atoms with Gasteiger partial charge in [0.2, 0.25) is 0 Å². The van der Waals surface area contributed by atoms with Crippen LogP contribution < -0.4 is 4.90 Å². The molecule has 2 nitrogen and oxygen atoms in total. The zero-order valence-electron chi connectivity index (χ0n) is 10.1. The van der Waals surface area contributed by atoms with Crippen molar-refractivity contribution in [1.82, 2.24) is 4.98 Å². The van der Waals surface area contributed by atoms with Gasteiger partial charge in [0, 0.05) is 18.3 Å². The summed E-state index contributed by atoms with van der Waals surface area (Å²) in [6, 6.07) is 3.36. The summed E-state index contributed by atoms with van der Waals surface area (Å²) in [5.41, 5.74) is 2.80. The van der Waals surface area contributed by atoms with Crippen LogP contribution >= 0.6 is 0 Å². The molecule has 0 fully saturated rings. The SMILES string of the molecule is CC(C)C1Cc2ccncc2N1C(C)C. The van der Waals surface area contributed by atoms with Crippen molar-refractivity contribution in [1.29, 1.82) is 0 Å². The summed E-state index contributed by atoms with van der Waals surface area (Å²) in [6.45, 7) is 9.13. The van der Waals surface area contributed by atoms with Crippen LogP contribution in [0.4, 0.5) is 5.69 Å². The van der Waals surface area contributed by atoms with Crippen molar-refractivity contribution >= 4 is 5.69 Å². The third kappa shape index (κ3) is 1.73. The summed E-state index contributed by atoms with van der Waals surface area (Å²) in [5.74, 6) is 0.694. The number of nitrogens with zero attached hydrogens (tertiary/aromatic N) is 2. The second-order valence-corrected chi connectivity index (χ2v) is 5.02. The molecule has 0 amide bonds. The van der Waals surface area contributed by atoms with E-state index in [1.807, 2.05) is 12.4 Å². The Hall–Kier alpha value is -1.05. The largest absolute Gasteiger partial charge is 0.364 e. The first-order valence-electron chi connectivity index (χ1n) is 5.82. The highest BCUT2D eigenvalue weighted by Crippen LogP contribution is 2.35. The third-order valence-corrected chi connectivity index (χ3v) is 3.28. The van der Waals surface area contributed by atoms with Crippen molar-refractivity contribution in [3.8, 4) is 0 Å². The minimum atomic E-state index is 0.558. The molecular weight excluding hydrogens is 184 g/mol. The Morgan fingerprint density at radius 2 is 2.07 bits per heavy atom. The van der Waals surface area contributed by atoms with Crippen molar-refractivity contribution in [2.75, 3.05) is 4.90 Å². The van der Waals surface area contributed by atoms with E-state index in [0.29, 0.717) is 18.0 Å². The van der Waals surface area contributed by atoms with Crippen molar-refractivity contribution in [3.05, 3.63) is 24.0 Å². The Labute approximate surface area is 92.3 Å². The van der Waals surface area contributed by atoms with Gasteiger partial charge in [0.15, 0.2) is 0 Å². The smallest absolute Gasteiger partial charge is 0.0591 e. The lowest BCUT2D eigenvalue weighted by atomic mass is 9.99. The van der Waals surface area contributed by atoms with E-state index in [2.05, 4.69) is 43.6 Å². The lowest BCUT2D eigenvalue weighted by molar-refractivity contribution is 0.448. The molecule has 1 aliphatic heterocycles. The van der Waals surface area contributed by atoms with Crippen LogP contribution in [0.15, 0.2) is 18.5 Å². The van der Waals surface area contributed by atoms with Gasteiger partial charge in [-0.2, -0.15) is 0 Å². The van der Waals surface area contributed by atoms with Gasteiger partial charge in [-0.15, -0.1) is 0 Å². The predicted octanol–water partition coefficient (Wildman–Crippen LogP) is 2.88. The molecule has 0 saturated heterocycles. The van der Waals surface area contributed by atoms with E-state index in [0.717, 1.165) is 0 Å². The van der Waals surface area contributed by atoms with Gasteiger partial charge in [-0.05, 0) is 37.8 Å². The maximum atomic E-state index is 4.24. The third-order valence-electron chi connectivity index (χ3n) is 3.28. The topological polar surface area (TPSA) is 16.1 Å². The summed E-state index contributed by atoms with van der Waals surface area (Å²) in [4.78, 5) is 6.76. The summed E-state index contributed by atoms with van der Waals surface area (Å²) >= 11 is 0. The van der Waals surface area contributed by atoms with Crippen molar-refractivity contribution < 1.29 is 0 Å². The van der Waals surface area contributed by atoms with Gasteiger partial charge in [-0.25, -0.2) is 0 Å². The van der Waals surface area contributed by atoms with Crippen LogP contribution in [0.2, 0.25) is 0 Å². The number of pyridine rings is 1. The number of hydrogen-bond donors (Lipinski definition) is 0. The lowest BCUT2D eigenvalue weighted by Gasteiger charge is -2.33. The second kappa shape index (κ2) is 3.84. The van der Waals surface area contributed by atoms with Gasteiger partial charge in [0.1, 0.15) is 0 Å². The molecule has 15 heavy (non-hydrogen) atoms. The molecule has 2 rings (SSSR count). The van der Waals surface area contributed by atoms with Gasteiger partial charge >= 0.3 is 0 Å². The van der Waals surface area contributed by atoms with Crippen LogP contribution in [-0.4, -0.2) is 17.1 Å². The average Bonchev–Trinajstić information content (AvgIpc) is 2.56. The minimum absolute atomic E-state index is 0.558. The number of aromatic nitrogens is 1. The lowest BCUT2D eigenvalue weighted by Crippen LogP contribution is -2.40. The van der Waals surface area contributed by atoms with Crippen LogP contribution in [0.1, 0.15) is 33.3 Å². The molecule has 1 aliphatic rings. The van der Waals surface area contributed by atoms with Gasteiger partial charge in [-0.1, -0.05) is 13.8 Å². The molecule has 0 aromatic carbocycles. The Morgan fingerprint density at radius 3 is 2.67 bits per heavy atom. The fourth-order valence-electron chi connectivity index (χ4n) is 2.54.